The molecule has 0 aromatic heterocycles. The van der Waals surface area contributed by atoms with Crippen LogP contribution in [0.1, 0.15) is 12.8 Å². The Morgan fingerprint density at radius 1 is 0.826 bits per heavy atom. The lowest BCUT2D eigenvalue weighted by molar-refractivity contribution is 0.140. The van der Waals surface area contributed by atoms with E-state index in [0.29, 0.717) is 0 Å². The maximum Gasteiger partial charge on any atom is 0.0593 e. The highest BCUT2D eigenvalue weighted by atomic mass is 35.5. The van der Waals surface area contributed by atoms with Gasteiger partial charge in [-0.25, -0.2) is 0 Å². The molecule has 0 aliphatic carbocycles. The van der Waals surface area contributed by atoms with Crippen LogP contribution in [0, 0.1) is 0 Å². The van der Waals surface area contributed by atoms with Gasteiger partial charge in [-0.1, -0.05) is 11.6 Å². The summed E-state index contributed by atoms with van der Waals surface area (Å²) >= 11 is 5.97. The second-order valence-electron chi connectivity index (χ2n) is 6.47. The molecule has 128 valence electrons. The third-order valence-electron chi connectivity index (χ3n) is 4.83. The van der Waals surface area contributed by atoms with Crippen molar-refractivity contribution in [3.05, 3.63) is 29.3 Å². The molecule has 1 aromatic carbocycles. The first-order valence-corrected chi connectivity index (χ1v) is 9.22. The van der Waals surface area contributed by atoms with Gasteiger partial charge in [-0.2, -0.15) is 0 Å². The summed E-state index contributed by atoms with van der Waals surface area (Å²) in [6.45, 7) is 11.1. The van der Waals surface area contributed by atoms with Gasteiger partial charge >= 0.3 is 0 Å². The Morgan fingerprint density at radius 3 is 2.26 bits per heavy atom. The van der Waals surface area contributed by atoms with Crippen molar-refractivity contribution in [2.24, 2.45) is 0 Å². The molecule has 1 aromatic rings. The first-order chi connectivity index (χ1) is 11.3. The SMILES string of the molecule is Clc1ccc(N2CCN(CCCN3CCCOCC3)CC2)cc1. The second-order valence-corrected chi connectivity index (χ2v) is 6.90. The van der Waals surface area contributed by atoms with Crippen LogP contribution in [-0.2, 0) is 4.74 Å². The minimum atomic E-state index is 0.811. The Labute approximate surface area is 144 Å². The lowest BCUT2D eigenvalue weighted by Crippen LogP contribution is -2.47. The highest BCUT2D eigenvalue weighted by molar-refractivity contribution is 6.30. The van der Waals surface area contributed by atoms with Crippen molar-refractivity contribution < 1.29 is 4.74 Å². The molecule has 2 aliphatic heterocycles. The van der Waals surface area contributed by atoms with Crippen LogP contribution in [0.3, 0.4) is 0 Å². The van der Waals surface area contributed by atoms with Crippen molar-refractivity contribution in [2.45, 2.75) is 12.8 Å². The first-order valence-electron chi connectivity index (χ1n) is 8.84. The molecule has 5 heteroatoms. The number of benzene rings is 1. The normalized spacial score (nSPS) is 21.3. The van der Waals surface area contributed by atoms with E-state index in [1.807, 2.05) is 12.1 Å². The van der Waals surface area contributed by atoms with Gasteiger partial charge in [0.15, 0.2) is 0 Å². The van der Waals surface area contributed by atoms with Crippen LogP contribution in [0.25, 0.3) is 0 Å². The smallest absolute Gasteiger partial charge is 0.0593 e. The molecule has 2 aliphatic rings. The van der Waals surface area contributed by atoms with Crippen molar-refractivity contribution >= 4 is 17.3 Å². The summed E-state index contributed by atoms with van der Waals surface area (Å²) < 4.78 is 5.52. The zero-order valence-corrected chi connectivity index (χ0v) is 14.7. The highest BCUT2D eigenvalue weighted by Crippen LogP contribution is 2.19. The molecule has 4 nitrogen and oxygen atoms in total. The number of halogens is 1. The Kier molecular flexibility index (Phi) is 6.57. The van der Waals surface area contributed by atoms with Crippen LogP contribution in [0.2, 0.25) is 5.02 Å². The molecular formula is C18H28ClN3O. The maximum atomic E-state index is 5.97. The molecule has 2 fully saturated rings. The molecule has 0 unspecified atom stereocenters. The Hall–Kier alpha value is -0.810. The third kappa shape index (κ3) is 5.35. The van der Waals surface area contributed by atoms with Crippen LogP contribution in [0.5, 0.6) is 0 Å². The zero-order chi connectivity index (χ0) is 15.9. The second kappa shape index (κ2) is 8.88. The predicted octanol–water partition coefficient (Wildman–Crippen LogP) is 2.57. The summed E-state index contributed by atoms with van der Waals surface area (Å²) in [7, 11) is 0. The minimum absolute atomic E-state index is 0.811. The van der Waals surface area contributed by atoms with Crippen molar-refractivity contribution in [1.29, 1.82) is 0 Å². The Morgan fingerprint density at radius 2 is 1.52 bits per heavy atom. The molecular weight excluding hydrogens is 310 g/mol. The predicted molar refractivity (Wildman–Crippen MR) is 96.6 cm³/mol. The number of hydrogen-bond acceptors (Lipinski definition) is 4. The number of ether oxygens (including phenoxy) is 1. The van der Waals surface area contributed by atoms with Crippen molar-refractivity contribution in [1.82, 2.24) is 9.80 Å². The summed E-state index contributed by atoms with van der Waals surface area (Å²) in [4.78, 5) is 7.61. The quantitative estimate of drug-likeness (QED) is 0.822. The van der Waals surface area contributed by atoms with E-state index >= 15 is 0 Å². The third-order valence-corrected chi connectivity index (χ3v) is 5.08. The van der Waals surface area contributed by atoms with Crippen LogP contribution in [0.4, 0.5) is 5.69 Å². The Bertz CT molecular complexity index is 452. The standard InChI is InChI=1S/C18H28ClN3O/c19-17-3-5-18(6-4-17)22-12-10-21(11-13-22)8-1-7-20-9-2-15-23-16-14-20/h3-6H,1-2,7-16H2. The average molecular weight is 338 g/mol. The van der Waals surface area contributed by atoms with E-state index in [1.165, 1.54) is 38.2 Å². The molecule has 0 atom stereocenters. The van der Waals surface area contributed by atoms with Gasteiger partial charge < -0.3 is 14.5 Å². The van der Waals surface area contributed by atoms with Crippen molar-refractivity contribution in [2.75, 3.05) is 70.5 Å². The van der Waals surface area contributed by atoms with E-state index in [0.717, 1.165) is 51.0 Å². The van der Waals surface area contributed by atoms with E-state index in [4.69, 9.17) is 16.3 Å². The van der Waals surface area contributed by atoms with Gasteiger partial charge in [0.05, 0.1) is 6.61 Å². The van der Waals surface area contributed by atoms with Gasteiger partial charge in [0.2, 0.25) is 0 Å². The molecule has 23 heavy (non-hydrogen) atoms. The highest BCUT2D eigenvalue weighted by Gasteiger charge is 2.17. The zero-order valence-electron chi connectivity index (χ0n) is 13.9. The fourth-order valence-corrected chi connectivity index (χ4v) is 3.55. The molecule has 0 bridgehead atoms. The molecule has 2 heterocycles. The molecule has 2 saturated heterocycles. The number of nitrogens with zero attached hydrogens (tertiary/aromatic N) is 3. The van der Waals surface area contributed by atoms with Gasteiger partial charge in [0.25, 0.3) is 0 Å². The van der Waals surface area contributed by atoms with E-state index < -0.39 is 0 Å². The lowest BCUT2D eigenvalue weighted by Gasteiger charge is -2.36. The number of hydrogen-bond donors (Lipinski definition) is 0. The number of piperazine rings is 1. The summed E-state index contributed by atoms with van der Waals surface area (Å²) in [5.41, 5.74) is 1.29. The van der Waals surface area contributed by atoms with Gasteiger partial charge in [0, 0.05) is 56.6 Å². The van der Waals surface area contributed by atoms with E-state index in [1.54, 1.807) is 0 Å². The van der Waals surface area contributed by atoms with Crippen LogP contribution in [-0.4, -0.2) is 75.4 Å². The van der Waals surface area contributed by atoms with Gasteiger partial charge in [-0.15, -0.1) is 0 Å². The minimum Gasteiger partial charge on any atom is -0.380 e. The summed E-state index contributed by atoms with van der Waals surface area (Å²) in [6.07, 6.45) is 2.45. The van der Waals surface area contributed by atoms with E-state index in [9.17, 15) is 0 Å². The molecule has 3 rings (SSSR count). The fourth-order valence-electron chi connectivity index (χ4n) is 3.42. The fraction of sp³-hybridized carbons (Fsp3) is 0.667. The van der Waals surface area contributed by atoms with Gasteiger partial charge in [0.1, 0.15) is 0 Å². The van der Waals surface area contributed by atoms with Crippen LogP contribution in [0.15, 0.2) is 24.3 Å². The molecule has 0 amide bonds. The molecule has 0 saturated carbocycles. The molecule has 0 radical (unpaired) electrons. The summed E-state index contributed by atoms with van der Waals surface area (Å²) in [5.74, 6) is 0. The summed E-state index contributed by atoms with van der Waals surface area (Å²) in [5, 5.41) is 0.811. The van der Waals surface area contributed by atoms with Crippen molar-refractivity contribution in [3.63, 3.8) is 0 Å². The number of anilines is 1. The van der Waals surface area contributed by atoms with Gasteiger partial charge in [-0.3, -0.25) is 4.90 Å². The van der Waals surface area contributed by atoms with E-state index in [-0.39, 0.29) is 0 Å². The average Bonchev–Trinajstić information content (AvgIpc) is 2.85. The monoisotopic (exact) mass is 337 g/mol. The summed E-state index contributed by atoms with van der Waals surface area (Å²) in [6, 6.07) is 8.21. The van der Waals surface area contributed by atoms with Crippen LogP contribution < -0.4 is 4.90 Å². The van der Waals surface area contributed by atoms with Crippen molar-refractivity contribution in [3.8, 4) is 0 Å². The topological polar surface area (TPSA) is 19.0 Å². The number of rotatable bonds is 5. The molecule has 0 spiro atoms. The maximum absolute atomic E-state index is 5.97. The van der Waals surface area contributed by atoms with Gasteiger partial charge in [-0.05, 0) is 50.2 Å². The Balaban J connectivity index is 1.35. The van der Waals surface area contributed by atoms with Crippen LogP contribution >= 0.6 is 11.6 Å². The van der Waals surface area contributed by atoms with E-state index in [2.05, 4.69) is 26.8 Å². The molecule has 0 N–H and O–H groups in total. The lowest BCUT2D eigenvalue weighted by atomic mass is 10.2. The largest absolute Gasteiger partial charge is 0.380 e. The first kappa shape index (κ1) is 17.0.